The second-order valence-corrected chi connectivity index (χ2v) is 4.51. The number of unbranched alkanes of at least 4 members (excludes halogenated alkanes) is 1. The Hall–Kier alpha value is -1.10. The van der Waals surface area contributed by atoms with Crippen molar-refractivity contribution in [3.05, 3.63) is 0 Å². The molecule has 0 saturated carbocycles. The Morgan fingerprint density at radius 3 is 2.47 bits per heavy atom. The quantitative estimate of drug-likeness (QED) is 0.581. The van der Waals surface area contributed by atoms with Gasteiger partial charge < -0.3 is 16.4 Å². The Balaban J connectivity index is 3.66. The highest BCUT2D eigenvalue weighted by molar-refractivity contribution is 5.82. The zero-order valence-electron chi connectivity index (χ0n) is 11.1. The highest BCUT2D eigenvalue weighted by Gasteiger charge is 2.12. The molecule has 0 unspecified atom stereocenters. The molecule has 0 heterocycles. The van der Waals surface area contributed by atoms with Crippen molar-refractivity contribution in [2.24, 2.45) is 5.73 Å². The number of rotatable bonds is 8. The van der Waals surface area contributed by atoms with Crippen molar-refractivity contribution >= 4 is 11.8 Å². The standard InChI is InChI=1S/C12H25N3O2/c1-4-5-6-10(13)12(17)14-8-7-11(16)15-9(2)3/h9-10H,4-8,13H2,1-3H3,(H,14,17)(H,15,16)/t10-/m0/s1. The molecule has 0 aromatic carbocycles. The number of amides is 2. The summed E-state index contributed by atoms with van der Waals surface area (Å²) in [5.74, 6) is -0.224. The second kappa shape index (κ2) is 8.98. The molecule has 17 heavy (non-hydrogen) atoms. The maximum atomic E-state index is 11.5. The van der Waals surface area contributed by atoms with Crippen molar-refractivity contribution in [1.82, 2.24) is 10.6 Å². The summed E-state index contributed by atoms with van der Waals surface area (Å²) in [6.07, 6.45) is 2.96. The van der Waals surface area contributed by atoms with Crippen LogP contribution in [0.4, 0.5) is 0 Å². The lowest BCUT2D eigenvalue weighted by Gasteiger charge is -2.12. The Morgan fingerprint density at radius 1 is 1.29 bits per heavy atom. The summed E-state index contributed by atoms with van der Waals surface area (Å²) in [5.41, 5.74) is 5.69. The van der Waals surface area contributed by atoms with Crippen LogP contribution >= 0.6 is 0 Å². The zero-order chi connectivity index (χ0) is 13.3. The van der Waals surface area contributed by atoms with E-state index in [2.05, 4.69) is 17.6 Å². The molecule has 0 aromatic rings. The summed E-state index contributed by atoms with van der Waals surface area (Å²) in [6, 6.07) is -0.326. The molecule has 5 nitrogen and oxygen atoms in total. The van der Waals surface area contributed by atoms with Gasteiger partial charge in [-0.3, -0.25) is 9.59 Å². The van der Waals surface area contributed by atoms with Crippen LogP contribution in [-0.4, -0.2) is 30.4 Å². The summed E-state index contributed by atoms with van der Waals surface area (Å²) in [6.45, 7) is 6.20. The van der Waals surface area contributed by atoms with Gasteiger partial charge in [-0.05, 0) is 20.3 Å². The predicted octanol–water partition coefficient (Wildman–Crippen LogP) is 0.535. The number of carbonyl (C=O) groups is 2. The molecular formula is C12H25N3O2. The van der Waals surface area contributed by atoms with Crippen LogP contribution in [0.2, 0.25) is 0 Å². The van der Waals surface area contributed by atoms with Crippen LogP contribution in [0.3, 0.4) is 0 Å². The van der Waals surface area contributed by atoms with Crippen molar-refractivity contribution in [2.75, 3.05) is 6.54 Å². The fourth-order valence-electron chi connectivity index (χ4n) is 1.38. The smallest absolute Gasteiger partial charge is 0.236 e. The first-order chi connectivity index (χ1) is 7.97. The van der Waals surface area contributed by atoms with Gasteiger partial charge in [0.05, 0.1) is 6.04 Å². The van der Waals surface area contributed by atoms with E-state index < -0.39 is 6.04 Å². The van der Waals surface area contributed by atoms with Gasteiger partial charge in [-0.1, -0.05) is 19.8 Å². The van der Waals surface area contributed by atoms with Gasteiger partial charge in [-0.2, -0.15) is 0 Å². The number of hydrogen-bond acceptors (Lipinski definition) is 3. The first kappa shape index (κ1) is 15.9. The molecule has 0 spiro atoms. The fourth-order valence-corrected chi connectivity index (χ4v) is 1.38. The first-order valence-electron chi connectivity index (χ1n) is 6.30. The van der Waals surface area contributed by atoms with E-state index >= 15 is 0 Å². The summed E-state index contributed by atoms with van der Waals surface area (Å²) >= 11 is 0. The van der Waals surface area contributed by atoms with E-state index in [1.807, 2.05) is 13.8 Å². The van der Waals surface area contributed by atoms with Gasteiger partial charge >= 0.3 is 0 Å². The van der Waals surface area contributed by atoms with Crippen LogP contribution in [0.5, 0.6) is 0 Å². The van der Waals surface area contributed by atoms with Crippen LogP contribution < -0.4 is 16.4 Å². The third-order valence-corrected chi connectivity index (χ3v) is 2.31. The molecule has 0 bridgehead atoms. The van der Waals surface area contributed by atoms with Gasteiger partial charge in [0.1, 0.15) is 0 Å². The molecule has 2 amide bonds. The van der Waals surface area contributed by atoms with E-state index in [1.54, 1.807) is 0 Å². The predicted molar refractivity (Wildman–Crippen MR) is 68.4 cm³/mol. The van der Waals surface area contributed by atoms with Crippen LogP contribution in [-0.2, 0) is 9.59 Å². The van der Waals surface area contributed by atoms with Crippen molar-refractivity contribution in [3.63, 3.8) is 0 Å². The molecule has 0 aliphatic carbocycles. The number of nitrogens with two attached hydrogens (primary N) is 1. The third-order valence-electron chi connectivity index (χ3n) is 2.31. The largest absolute Gasteiger partial charge is 0.354 e. The minimum Gasteiger partial charge on any atom is -0.354 e. The van der Waals surface area contributed by atoms with Crippen molar-refractivity contribution in [3.8, 4) is 0 Å². The Morgan fingerprint density at radius 2 is 1.94 bits per heavy atom. The molecule has 100 valence electrons. The van der Waals surface area contributed by atoms with Gasteiger partial charge in [-0.25, -0.2) is 0 Å². The van der Waals surface area contributed by atoms with E-state index in [-0.39, 0.29) is 17.9 Å². The van der Waals surface area contributed by atoms with Crippen LogP contribution in [0.25, 0.3) is 0 Å². The molecule has 0 radical (unpaired) electrons. The number of nitrogens with one attached hydrogen (secondary N) is 2. The molecule has 0 saturated heterocycles. The maximum absolute atomic E-state index is 11.5. The van der Waals surface area contributed by atoms with Crippen LogP contribution in [0.1, 0.15) is 46.5 Å². The average molecular weight is 243 g/mol. The second-order valence-electron chi connectivity index (χ2n) is 4.51. The maximum Gasteiger partial charge on any atom is 0.236 e. The lowest BCUT2D eigenvalue weighted by molar-refractivity contribution is -0.123. The van der Waals surface area contributed by atoms with Crippen molar-refractivity contribution in [2.45, 2.75) is 58.5 Å². The minimum atomic E-state index is -0.455. The Bertz CT molecular complexity index is 242. The lowest BCUT2D eigenvalue weighted by Crippen LogP contribution is -2.42. The van der Waals surface area contributed by atoms with Crippen molar-refractivity contribution < 1.29 is 9.59 Å². The molecule has 0 aromatic heterocycles. The molecule has 0 aliphatic rings. The van der Waals surface area contributed by atoms with E-state index in [9.17, 15) is 9.59 Å². The normalized spacial score (nSPS) is 12.3. The molecule has 0 aliphatic heterocycles. The highest BCUT2D eigenvalue weighted by atomic mass is 16.2. The zero-order valence-corrected chi connectivity index (χ0v) is 11.1. The molecule has 1 atom stereocenters. The van der Waals surface area contributed by atoms with E-state index in [4.69, 9.17) is 5.73 Å². The molecular weight excluding hydrogens is 218 g/mol. The van der Waals surface area contributed by atoms with Crippen molar-refractivity contribution in [1.29, 1.82) is 0 Å². The van der Waals surface area contributed by atoms with Gasteiger partial charge in [-0.15, -0.1) is 0 Å². The fraction of sp³-hybridized carbons (Fsp3) is 0.833. The minimum absolute atomic E-state index is 0.0533. The Labute approximate surface area is 104 Å². The van der Waals surface area contributed by atoms with Gasteiger partial charge in [0.25, 0.3) is 0 Å². The van der Waals surface area contributed by atoms with E-state index in [1.165, 1.54) is 0 Å². The summed E-state index contributed by atoms with van der Waals surface area (Å²) in [5, 5.41) is 5.43. The summed E-state index contributed by atoms with van der Waals surface area (Å²) in [7, 11) is 0. The average Bonchev–Trinajstić information content (AvgIpc) is 2.24. The van der Waals surface area contributed by atoms with Crippen LogP contribution in [0, 0.1) is 0 Å². The molecule has 5 heteroatoms. The van der Waals surface area contributed by atoms with Crippen LogP contribution in [0.15, 0.2) is 0 Å². The van der Waals surface area contributed by atoms with Gasteiger partial charge in [0.2, 0.25) is 11.8 Å². The highest BCUT2D eigenvalue weighted by Crippen LogP contribution is 1.97. The monoisotopic (exact) mass is 243 g/mol. The number of carbonyl (C=O) groups excluding carboxylic acids is 2. The van der Waals surface area contributed by atoms with E-state index in [0.717, 1.165) is 12.8 Å². The first-order valence-corrected chi connectivity index (χ1v) is 6.30. The van der Waals surface area contributed by atoms with E-state index in [0.29, 0.717) is 19.4 Å². The van der Waals surface area contributed by atoms with Gasteiger partial charge in [0, 0.05) is 19.0 Å². The van der Waals surface area contributed by atoms with Gasteiger partial charge in [0.15, 0.2) is 0 Å². The Kier molecular flexibility index (Phi) is 8.40. The SMILES string of the molecule is CCCC[C@H](N)C(=O)NCCC(=O)NC(C)C. The topological polar surface area (TPSA) is 84.2 Å². The summed E-state index contributed by atoms with van der Waals surface area (Å²) in [4.78, 5) is 22.8. The molecule has 0 fully saturated rings. The lowest BCUT2D eigenvalue weighted by atomic mass is 10.1. The third kappa shape index (κ3) is 8.68. The number of hydrogen-bond donors (Lipinski definition) is 3. The molecule has 0 rings (SSSR count). The molecule has 4 N–H and O–H groups in total. The summed E-state index contributed by atoms with van der Waals surface area (Å²) < 4.78 is 0.